The van der Waals surface area contributed by atoms with Crippen LogP contribution in [0.15, 0.2) is 40.9 Å². The molecular weight excluding hydrogens is 328 g/mol. The van der Waals surface area contributed by atoms with Crippen LogP contribution in [0.4, 0.5) is 11.4 Å². The normalized spacial score (nSPS) is 10.3. The minimum atomic E-state index is -0.198. The first-order chi connectivity index (χ1) is 8.97. The van der Waals surface area contributed by atoms with Crippen molar-refractivity contribution in [3.05, 3.63) is 57.0 Å². The first-order valence-electron chi connectivity index (χ1n) is 5.60. The highest BCUT2D eigenvalue weighted by molar-refractivity contribution is 9.10. The third-order valence-electron chi connectivity index (χ3n) is 2.67. The fourth-order valence-electron chi connectivity index (χ4n) is 1.70. The van der Waals surface area contributed by atoms with Crippen LogP contribution in [0.5, 0.6) is 0 Å². The molecule has 0 atom stereocenters. The van der Waals surface area contributed by atoms with Gasteiger partial charge in [-0.1, -0.05) is 27.5 Å². The number of hydrogen-bond acceptors (Lipinski definition) is 2. The maximum Gasteiger partial charge on any atom is 0.255 e. The maximum absolute atomic E-state index is 12.2. The summed E-state index contributed by atoms with van der Waals surface area (Å²) < 4.78 is 0.937. The lowest BCUT2D eigenvalue weighted by Crippen LogP contribution is -2.13. The fourth-order valence-corrected chi connectivity index (χ4v) is 2.42. The molecule has 3 nitrogen and oxygen atoms in total. The summed E-state index contributed by atoms with van der Waals surface area (Å²) in [5, 5.41) is 3.19. The van der Waals surface area contributed by atoms with Crippen molar-refractivity contribution >= 4 is 44.8 Å². The topological polar surface area (TPSA) is 55.1 Å². The molecule has 3 N–H and O–H groups in total. The molecule has 0 radical (unpaired) electrons. The Hall–Kier alpha value is -1.52. The summed E-state index contributed by atoms with van der Waals surface area (Å²) in [6.45, 7) is 1.88. The Kier molecular flexibility index (Phi) is 4.12. The Labute approximate surface area is 124 Å². The molecular formula is C14H12BrClN2O. The average molecular weight is 340 g/mol. The standard InChI is InChI=1S/C14H12BrClN2O/c1-8-6-9(15)2-4-11(8)14(19)18-13-5-3-10(17)7-12(13)16/h2-7H,17H2,1H3,(H,18,19). The number of nitrogens with two attached hydrogens (primary N) is 1. The summed E-state index contributed by atoms with van der Waals surface area (Å²) in [6, 6.07) is 10.5. The van der Waals surface area contributed by atoms with Gasteiger partial charge in [-0.25, -0.2) is 0 Å². The summed E-state index contributed by atoms with van der Waals surface area (Å²) >= 11 is 9.39. The van der Waals surface area contributed by atoms with Gasteiger partial charge in [-0.15, -0.1) is 0 Å². The number of nitrogen functional groups attached to an aromatic ring is 1. The van der Waals surface area contributed by atoms with Gasteiger partial charge in [0, 0.05) is 15.7 Å². The number of rotatable bonds is 2. The van der Waals surface area contributed by atoms with Gasteiger partial charge in [0.1, 0.15) is 0 Å². The molecule has 0 saturated heterocycles. The van der Waals surface area contributed by atoms with Gasteiger partial charge >= 0.3 is 0 Å². The number of halogens is 2. The fraction of sp³-hybridized carbons (Fsp3) is 0.0714. The summed E-state index contributed by atoms with van der Waals surface area (Å²) in [5.41, 5.74) is 8.21. The molecule has 0 aliphatic rings. The van der Waals surface area contributed by atoms with E-state index in [0.29, 0.717) is 22.0 Å². The first-order valence-corrected chi connectivity index (χ1v) is 6.77. The van der Waals surface area contributed by atoms with Gasteiger partial charge in [-0.3, -0.25) is 4.79 Å². The first kappa shape index (κ1) is 13.9. The van der Waals surface area contributed by atoms with Crippen molar-refractivity contribution in [2.45, 2.75) is 6.92 Å². The van der Waals surface area contributed by atoms with Crippen LogP contribution in [0.25, 0.3) is 0 Å². The van der Waals surface area contributed by atoms with Crippen LogP contribution >= 0.6 is 27.5 Å². The van der Waals surface area contributed by atoms with Gasteiger partial charge in [0.2, 0.25) is 0 Å². The molecule has 0 heterocycles. The van der Waals surface area contributed by atoms with Crippen molar-refractivity contribution < 1.29 is 4.79 Å². The molecule has 98 valence electrons. The predicted octanol–water partition coefficient (Wildman–Crippen LogP) is 4.25. The molecule has 5 heteroatoms. The third kappa shape index (κ3) is 3.28. The Morgan fingerprint density at radius 1 is 1.26 bits per heavy atom. The number of amides is 1. The van der Waals surface area contributed by atoms with Gasteiger partial charge in [-0.05, 0) is 48.9 Å². The van der Waals surface area contributed by atoms with Crippen LogP contribution in [-0.2, 0) is 0 Å². The van der Waals surface area contributed by atoms with Gasteiger partial charge < -0.3 is 11.1 Å². The molecule has 0 unspecified atom stereocenters. The Morgan fingerprint density at radius 3 is 2.63 bits per heavy atom. The van der Waals surface area contributed by atoms with E-state index in [1.54, 1.807) is 24.3 Å². The summed E-state index contributed by atoms with van der Waals surface area (Å²) in [6.07, 6.45) is 0. The minimum absolute atomic E-state index is 0.198. The highest BCUT2D eigenvalue weighted by Gasteiger charge is 2.11. The number of hydrogen-bond donors (Lipinski definition) is 2. The third-order valence-corrected chi connectivity index (χ3v) is 3.48. The number of anilines is 2. The quantitative estimate of drug-likeness (QED) is 0.804. The maximum atomic E-state index is 12.2. The molecule has 19 heavy (non-hydrogen) atoms. The largest absolute Gasteiger partial charge is 0.399 e. The zero-order valence-corrected chi connectivity index (χ0v) is 12.5. The van der Waals surface area contributed by atoms with Gasteiger partial charge in [0.05, 0.1) is 10.7 Å². The van der Waals surface area contributed by atoms with E-state index < -0.39 is 0 Å². The zero-order chi connectivity index (χ0) is 14.0. The molecule has 2 aromatic rings. The van der Waals surface area contributed by atoms with Crippen LogP contribution in [0.2, 0.25) is 5.02 Å². The second kappa shape index (κ2) is 5.63. The average Bonchev–Trinajstić information content (AvgIpc) is 2.32. The summed E-state index contributed by atoms with van der Waals surface area (Å²) in [5.74, 6) is -0.198. The van der Waals surface area contributed by atoms with E-state index in [2.05, 4.69) is 21.2 Å². The Morgan fingerprint density at radius 2 is 2.00 bits per heavy atom. The molecule has 0 spiro atoms. The van der Waals surface area contributed by atoms with Crippen LogP contribution in [0.1, 0.15) is 15.9 Å². The molecule has 0 aliphatic heterocycles. The van der Waals surface area contributed by atoms with Crippen LogP contribution in [-0.4, -0.2) is 5.91 Å². The van der Waals surface area contributed by atoms with E-state index in [1.807, 2.05) is 19.1 Å². The van der Waals surface area contributed by atoms with Crippen molar-refractivity contribution in [3.8, 4) is 0 Å². The number of benzene rings is 2. The number of nitrogens with one attached hydrogen (secondary N) is 1. The minimum Gasteiger partial charge on any atom is -0.399 e. The predicted molar refractivity (Wildman–Crippen MR) is 82.7 cm³/mol. The summed E-state index contributed by atoms with van der Waals surface area (Å²) in [7, 11) is 0. The van der Waals surface area contributed by atoms with Crippen molar-refractivity contribution in [2.24, 2.45) is 0 Å². The highest BCUT2D eigenvalue weighted by Crippen LogP contribution is 2.25. The van der Waals surface area contributed by atoms with E-state index in [9.17, 15) is 4.79 Å². The van der Waals surface area contributed by atoms with Crippen molar-refractivity contribution in [3.63, 3.8) is 0 Å². The van der Waals surface area contributed by atoms with Crippen LogP contribution < -0.4 is 11.1 Å². The van der Waals surface area contributed by atoms with Crippen LogP contribution in [0, 0.1) is 6.92 Å². The van der Waals surface area contributed by atoms with Crippen LogP contribution in [0.3, 0.4) is 0 Å². The van der Waals surface area contributed by atoms with E-state index in [4.69, 9.17) is 17.3 Å². The summed E-state index contributed by atoms with van der Waals surface area (Å²) in [4.78, 5) is 12.2. The van der Waals surface area contributed by atoms with Gasteiger partial charge in [0.25, 0.3) is 5.91 Å². The van der Waals surface area contributed by atoms with E-state index in [0.717, 1.165) is 10.0 Å². The number of carbonyl (C=O) groups excluding carboxylic acids is 1. The lowest BCUT2D eigenvalue weighted by Gasteiger charge is -2.10. The molecule has 1 amide bonds. The van der Waals surface area contributed by atoms with Crippen molar-refractivity contribution in [1.82, 2.24) is 0 Å². The second-order valence-electron chi connectivity index (χ2n) is 4.15. The van der Waals surface area contributed by atoms with E-state index >= 15 is 0 Å². The lowest BCUT2D eigenvalue weighted by atomic mass is 10.1. The SMILES string of the molecule is Cc1cc(Br)ccc1C(=O)Nc1ccc(N)cc1Cl. The molecule has 2 rings (SSSR count). The number of carbonyl (C=O) groups is 1. The zero-order valence-electron chi connectivity index (χ0n) is 10.2. The van der Waals surface area contributed by atoms with Crippen molar-refractivity contribution in [2.75, 3.05) is 11.1 Å². The smallest absolute Gasteiger partial charge is 0.255 e. The monoisotopic (exact) mass is 338 g/mol. The Bertz CT molecular complexity index is 643. The highest BCUT2D eigenvalue weighted by atomic mass is 79.9. The molecule has 0 bridgehead atoms. The molecule has 0 fully saturated rings. The Balaban J connectivity index is 2.25. The lowest BCUT2D eigenvalue weighted by molar-refractivity contribution is 0.102. The van der Waals surface area contributed by atoms with E-state index in [-0.39, 0.29) is 5.91 Å². The molecule has 0 aliphatic carbocycles. The van der Waals surface area contributed by atoms with Crippen molar-refractivity contribution in [1.29, 1.82) is 0 Å². The molecule has 2 aromatic carbocycles. The van der Waals surface area contributed by atoms with Gasteiger partial charge in [0.15, 0.2) is 0 Å². The second-order valence-corrected chi connectivity index (χ2v) is 5.48. The van der Waals surface area contributed by atoms with E-state index in [1.165, 1.54) is 0 Å². The molecule has 0 aromatic heterocycles. The van der Waals surface area contributed by atoms with Gasteiger partial charge in [-0.2, -0.15) is 0 Å². The number of aryl methyl sites for hydroxylation is 1. The molecule has 0 saturated carbocycles.